The normalized spacial score (nSPS) is 11.5. The van der Waals surface area contributed by atoms with Gasteiger partial charge in [-0.15, -0.1) is 0 Å². The lowest BCUT2D eigenvalue weighted by molar-refractivity contribution is 0.0635. The summed E-state index contributed by atoms with van der Waals surface area (Å²) < 4.78 is 6.73. The monoisotopic (exact) mass is 234 g/mol. The Balaban J connectivity index is 2.16. The lowest BCUT2D eigenvalue weighted by atomic mass is 10.2. The molecule has 0 atom stereocenters. The molecule has 0 fully saturated rings. The Labute approximate surface area is 98.6 Å². The molecule has 2 heterocycles. The number of carbonyl (C=O) groups excluding carboxylic acids is 1. The maximum atomic E-state index is 11.6. The van der Waals surface area contributed by atoms with Gasteiger partial charge in [-0.2, -0.15) is 5.10 Å². The molecular formula is C11H14N4O2. The number of fused-ring (bicyclic) bond motifs is 1. The number of carbonyl (C=O) groups is 1. The number of nitrogens with zero attached hydrogens (tertiary/aromatic N) is 3. The third-order valence-electron chi connectivity index (χ3n) is 1.95. The molecule has 0 saturated heterocycles. The molecule has 1 amide bonds. The van der Waals surface area contributed by atoms with Gasteiger partial charge in [0.1, 0.15) is 17.7 Å². The number of aromatic nitrogens is 3. The number of ether oxygens (including phenoxy) is 1. The molecule has 17 heavy (non-hydrogen) atoms. The zero-order valence-corrected chi connectivity index (χ0v) is 9.97. The molecule has 0 aliphatic heterocycles. The van der Waals surface area contributed by atoms with Crippen molar-refractivity contribution < 1.29 is 9.53 Å². The Bertz CT molecular complexity index is 542. The Morgan fingerprint density at radius 2 is 2.18 bits per heavy atom. The van der Waals surface area contributed by atoms with Gasteiger partial charge >= 0.3 is 6.09 Å². The first-order valence-corrected chi connectivity index (χ1v) is 5.23. The third kappa shape index (κ3) is 2.72. The van der Waals surface area contributed by atoms with Crippen molar-refractivity contribution in [1.82, 2.24) is 14.6 Å². The smallest absolute Gasteiger partial charge is 0.413 e. The van der Waals surface area contributed by atoms with E-state index < -0.39 is 11.7 Å². The zero-order valence-electron chi connectivity index (χ0n) is 9.97. The maximum Gasteiger partial charge on any atom is 0.413 e. The van der Waals surface area contributed by atoms with Gasteiger partial charge in [0.05, 0.1) is 11.7 Å². The van der Waals surface area contributed by atoms with Gasteiger partial charge in [0, 0.05) is 0 Å². The maximum absolute atomic E-state index is 11.6. The Hall–Kier alpha value is -2.11. The van der Waals surface area contributed by atoms with Crippen molar-refractivity contribution in [3.8, 4) is 0 Å². The van der Waals surface area contributed by atoms with E-state index in [0.717, 1.165) is 5.52 Å². The third-order valence-corrected chi connectivity index (χ3v) is 1.95. The fraction of sp³-hybridized carbons (Fsp3) is 0.364. The average molecular weight is 234 g/mol. The van der Waals surface area contributed by atoms with E-state index in [4.69, 9.17) is 4.74 Å². The van der Waals surface area contributed by atoms with Crippen LogP contribution < -0.4 is 5.32 Å². The quantitative estimate of drug-likeness (QED) is 0.820. The summed E-state index contributed by atoms with van der Waals surface area (Å²) in [6, 6.07) is 3.56. The Kier molecular flexibility index (Phi) is 2.71. The van der Waals surface area contributed by atoms with Crippen LogP contribution in [0.4, 0.5) is 10.6 Å². The van der Waals surface area contributed by atoms with Gasteiger partial charge in [0.25, 0.3) is 0 Å². The van der Waals surface area contributed by atoms with E-state index in [-0.39, 0.29) is 0 Å². The minimum Gasteiger partial charge on any atom is -0.444 e. The fourth-order valence-electron chi connectivity index (χ4n) is 1.37. The van der Waals surface area contributed by atoms with Crippen LogP contribution >= 0.6 is 0 Å². The predicted molar refractivity (Wildman–Crippen MR) is 62.8 cm³/mol. The highest BCUT2D eigenvalue weighted by atomic mass is 16.6. The molecule has 0 spiro atoms. The molecule has 0 saturated carbocycles. The van der Waals surface area contributed by atoms with Crippen molar-refractivity contribution in [3.05, 3.63) is 24.7 Å². The Morgan fingerprint density at radius 1 is 1.41 bits per heavy atom. The second kappa shape index (κ2) is 4.04. The number of nitrogens with one attached hydrogen (secondary N) is 1. The van der Waals surface area contributed by atoms with Crippen molar-refractivity contribution in [1.29, 1.82) is 0 Å². The number of hydrogen-bond acceptors (Lipinski definition) is 4. The lowest BCUT2D eigenvalue weighted by Crippen LogP contribution is -2.27. The largest absolute Gasteiger partial charge is 0.444 e. The second-order valence-corrected chi connectivity index (χ2v) is 4.59. The van der Waals surface area contributed by atoms with Gasteiger partial charge in [-0.05, 0) is 32.9 Å². The number of rotatable bonds is 1. The molecule has 0 radical (unpaired) electrons. The first-order valence-electron chi connectivity index (χ1n) is 5.23. The summed E-state index contributed by atoms with van der Waals surface area (Å²) in [6.07, 6.45) is 2.57. The topological polar surface area (TPSA) is 68.5 Å². The van der Waals surface area contributed by atoms with Gasteiger partial charge in [0.15, 0.2) is 0 Å². The summed E-state index contributed by atoms with van der Waals surface area (Å²) in [4.78, 5) is 15.5. The summed E-state index contributed by atoms with van der Waals surface area (Å²) in [5, 5.41) is 6.66. The minimum atomic E-state index is -0.522. The molecule has 0 aliphatic carbocycles. The summed E-state index contributed by atoms with van der Waals surface area (Å²) in [6.45, 7) is 5.43. The molecule has 2 rings (SSSR count). The van der Waals surface area contributed by atoms with Crippen molar-refractivity contribution in [2.75, 3.05) is 5.32 Å². The van der Waals surface area contributed by atoms with E-state index in [1.165, 1.54) is 6.33 Å². The number of amides is 1. The van der Waals surface area contributed by atoms with Crippen LogP contribution in [-0.2, 0) is 4.74 Å². The molecule has 2 aromatic heterocycles. The van der Waals surface area contributed by atoms with E-state index in [9.17, 15) is 4.79 Å². The molecule has 0 bridgehead atoms. The van der Waals surface area contributed by atoms with Gasteiger partial charge in [-0.3, -0.25) is 5.32 Å². The van der Waals surface area contributed by atoms with E-state index in [1.54, 1.807) is 16.8 Å². The second-order valence-electron chi connectivity index (χ2n) is 4.59. The van der Waals surface area contributed by atoms with Crippen molar-refractivity contribution in [2.24, 2.45) is 0 Å². The molecule has 0 unspecified atom stereocenters. The van der Waals surface area contributed by atoms with Gasteiger partial charge in [0.2, 0.25) is 0 Å². The highest BCUT2D eigenvalue weighted by Crippen LogP contribution is 2.14. The first kappa shape index (κ1) is 11.4. The van der Waals surface area contributed by atoms with Gasteiger partial charge in [-0.25, -0.2) is 14.3 Å². The Morgan fingerprint density at radius 3 is 2.88 bits per heavy atom. The lowest BCUT2D eigenvalue weighted by Gasteiger charge is -2.19. The fourth-order valence-corrected chi connectivity index (χ4v) is 1.37. The van der Waals surface area contributed by atoms with Crippen LogP contribution in [0.15, 0.2) is 24.7 Å². The summed E-state index contributed by atoms with van der Waals surface area (Å²) in [5.41, 5.74) is 0.283. The van der Waals surface area contributed by atoms with E-state index >= 15 is 0 Å². The molecular weight excluding hydrogens is 220 g/mol. The molecule has 90 valence electrons. The van der Waals surface area contributed by atoms with Crippen LogP contribution in [0, 0.1) is 0 Å². The van der Waals surface area contributed by atoms with Crippen LogP contribution in [0.25, 0.3) is 5.52 Å². The van der Waals surface area contributed by atoms with Crippen LogP contribution in [0.3, 0.4) is 0 Å². The van der Waals surface area contributed by atoms with Crippen molar-refractivity contribution in [2.45, 2.75) is 26.4 Å². The molecule has 1 N–H and O–H groups in total. The van der Waals surface area contributed by atoms with Crippen LogP contribution in [-0.4, -0.2) is 26.3 Å². The first-order chi connectivity index (χ1) is 7.96. The zero-order chi connectivity index (χ0) is 12.5. The van der Waals surface area contributed by atoms with E-state index in [2.05, 4.69) is 15.4 Å². The predicted octanol–water partition coefficient (Wildman–Crippen LogP) is 2.08. The molecule has 6 nitrogen and oxygen atoms in total. The van der Waals surface area contributed by atoms with Crippen molar-refractivity contribution in [3.63, 3.8) is 0 Å². The van der Waals surface area contributed by atoms with Crippen LogP contribution in [0.2, 0.25) is 0 Å². The van der Waals surface area contributed by atoms with Gasteiger partial charge in [-0.1, -0.05) is 0 Å². The molecule has 2 aromatic rings. The van der Waals surface area contributed by atoms with Crippen LogP contribution in [0.5, 0.6) is 0 Å². The number of anilines is 1. The summed E-state index contributed by atoms with van der Waals surface area (Å²) >= 11 is 0. The SMILES string of the molecule is CC(C)(C)OC(=O)Nc1ccc2cncnn12. The standard InChI is InChI=1S/C11H14N4O2/c1-11(2,3)17-10(16)14-9-5-4-8-6-12-7-13-15(8)9/h4-7H,1-3H3,(H,14,16). The summed E-state index contributed by atoms with van der Waals surface area (Å²) in [7, 11) is 0. The molecule has 0 aliphatic rings. The average Bonchev–Trinajstić information content (AvgIpc) is 2.59. The van der Waals surface area contributed by atoms with Crippen LogP contribution in [0.1, 0.15) is 20.8 Å². The minimum absolute atomic E-state index is 0.504. The molecule has 0 aromatic carbocycles. The highest BCUT2D eigenvalue weighted by Gasteiger charge is 2.17. The highest BCUT2D eigenvalue weighted by molar-refractivity contribution is 5.84. The summed E-state index contributed by atoms with van der Waals surface area (Å²) in [5.74, 6) is 0.552. The number of hydrogen-bond donors (Lipinski definition) is 1. The van der Waals surface area contributed by atoms with E-state index in [0.29, 0.717) is 5.82 Å². The van der Waals surface area contributed by atoms with Gasteiger partial charge < -0.3 is 4.74 Å². The van der Waals surface area contributed by atoms with E-state index in [1.807, 2.05) is 26.8 Å². The van der Waals surface area contributed by atoms with Crippen molar-refractivity contribution >= 4 is 17.4 Å². The molecule has 6 heteroatoms.